The molecule has 0 aromatic carbocycles. The first-order valence-electron chi connectivity index (χ1n) is 10.7. The van der Waals surface area contributed by atoms with Crippen LogP contribution in [0, 0.1) is 0 Å². The number of aliphatic hydroxyl groups excluding tert-OH is 1. The number of carbonyl (C=O) groups is 1. The molecule has 176 valence electrons. The first-order valence-corrected chi connectivity index (χ1v) is 13.5. The van der Waals surface area contributed by atoms with Crippen LogP contribution in [0.5, 0.6) is 0 Å². The van der Waals surface area contributed by atoms with Crippen molar-refractivity contribution in [3.05, 3.63) is 10.2 Å². The van der Waals surface area contributed by atoms with Crippen molar-refractivity contribution >= 4 is 62.8 Å². The Morgan fingerprint density at radius 1 is 1.26 bits per heavy atom. The molecule has 0 spiro atoms. The van der Waals surface area contributed by atoms with E-state index >= 15 is 0 Å². The van der Waals surface area contributed by atoms with Crippen LogP contribution in [0.15, 0.2) is 10.2 Å². The van der Waals surface area contributed by atoms with Crippen LogP contribution >= 0.6 is 56.8 Å². The summed E-state index contributed by atoms with van der Waals surface area (Å²) in [5, 5.41) is 10.7. The van der Waals surface area contributed by atoms with Gasteiger partial charge < -0.3 is 28.8 Å². The Morgan fingerprint density at radius 3 is 2.71 bits per heavy atom. The maximum atomic E-state index is 11.8. The molecule has 4 heterocycles. The van der Waals surface area contributed by atoms with Gasteiger partial charge in [0.05, 0.1) is 35.8 Å². The van der Waals surface area contributed by atoms with Gasteiger partial charge in [-0.05, 0) is 51.9 Å². The summed E-state index contributed by atoms with van der Waals surface area (Å²) < 4.78 is 31.5. The highest BCUT2D eigenvalue weighted by atomic mass is 127. The third kappa shape index (κ3) is 5.38. The summed E-state index contributed by atoms with van der Waals surface area (Å²) in [7, 11) is 1.39. The van der Waals surface area contributed by atoms with E-state index in [1.165, 1.54) is 7.11 Å². The number of rotatable bonds is 7. The van der Waals surface area contributed by atoms with Gasteiger partial charge in [-0.3, -0.25) is 4.79 Å². The Bertz CT molecular complexity index is 697. The summed E-state index contributed by atoms with van der Waals surface area (Å²) in [6.45, 7) is 3.93. The Morgan fingerprint density at radius 2 is 2.00 bits per heavy atom. The molecule has 7 nitrogen and oxygen atoms in total. The van der Waals surface area contributed by atoms with Crippen LogP contribution in [0.25, 0.3) is 0 Å². The van der Waals surface area contributed by atoms with Crippen LogP contribution in [0.2, 0.25) is 0 Å². The molecular weight excluding hydrogens is 653 g/mol. The highest BCUT2D eigenvalue weighted by Crippen LogP contribution is 2.50. The molecule has 0 aliphatic carbocycles. The monoisotopic (exact) mass is 682 g/mol. The molecule has 0 saturated carbocycles. The standard InChI is InChI=1S/C21H29ClI2O7/c1-10(23)7-11(22)5-6-21-9-13(25)17(30-21)19-16(24)20(31-21)18-14(29-19)4-3-12(28-18)8-15(26)27-2/h11-14,16-20,25H,1,3-9H2,2H3/t11-,12-,13?,14+,16?,17?,18+,19?,20-,21+/m1/s1. The van der Waals surface area contributed by atoms with Gasteiger partial charge in [0.15, 0.2) is 5.79 Å². The van der Waals surface area contributed by atoms with E-state index in [2.05, 4.69) is 51.8 Å². The normalized spacial score (nSPS) is 44.8. The molecule has 4 bridgehead atoms. The van der Waals surface area contributed by atoms with Crippen molar-refractivity contribution in [2.45, 2.75) is 103 Å². The van der Waals surface area contributed by atoms with E-state index in [0.29, 0.717) is 19.3 Å². The largest absolute Gasteiger partial charge is 0.469 e. The van der Waals surface area contributed by atoms with Gasteiger partial charge in [0.2, 0.25) is 0 Å². The molecule has 1 N–H and O–H groups in total. The molecule has 4 aliphatic rings. The molecule has 10 heteroatoms. The number of hydrogen-bond donors (Lipinski definition) is 1. The van der Waals surface area contributed by atoms with Crippen molar-refractivity contribution in [3.8, 4) is 0 Å². The molecule has 4 aliphatic heterocycles. The number of methoxy groups -OCH3 is 1. The first-order chi connectivity index (χ1) is 14.7. The maximum absolute atomic E-state index is 11.8. The molecule has 0 aromatic rings. The van der Waals surface area contributed by atoms with E-state index in [4.69, 9.17) is 35.3 Å². The van der Waals surface area contributed by atoms with Crippen molar-refractivity contribution in [2.24, 2.45) is 0 Å². The summed E-state index contributed by atoms with van der Waals surface area (Å²) >= 11 is 11.0. The van der Waals surface area contributed by atoms with Crippen molar-refractivity contribution in [2.75, 3.05) is 7.11 Å². The molecule has 4 fully saturated rings. The SMILES string of the molecule is C=C(I)C[C@H](Cl)CC[C@]12CC(O)C(O1)C1O[C@H]3CC[C@H](CC(=O)OC)O[C@@H]3[C@H](O2)C1I. The number of allylic oxidation sites excluding steroid dienone is 1. The van der Waals surface area contributed by atoms with E-state index in [0.717, 1.165) is 22.8 Å². The lowest BCUT2D eigenvalue weighted by molar-refractivity contribution is -0.273. The highest BCUT2D eigenvalue weighted by molar-refractivity contribution is 14.1. The van der Waals surface area contributed by atoms with Crippen LogP contribution in [0.3, 0.4) is 0 Å². The second-order valence-corrected chi connectivity index (χ2v) is 12.4. The quantitative estimate of drug-likeness (QED) is 0.250. The van der Waals surface area contributed by atoms with Crippen LogP contribution in [-0.4, -0.2) is 76.0 Å². The lowest BCUT2D eigenvalue weighted by Crippen LogP contribution is -2.63. The van der Waals surface area contributed by atoms with Crippen molar-refractivity contribution in [3.63, 3.8) is 0 Å². The predicted molar refractivity (Wildman–Crippen MR) is 131 cm³/mol. The zero-order valence-electron chi connectivity index (χ0n) is 17.4. The van der Waals surface area contributed by atoms with Gasteiger partial charge in [0.1, 0.15) is 24.4 Å². The summed E-state index contributed by atoms with van der Waals surface area (Å²) in [5.74, 6) is -1.19. The third-order valence-electron chi connectivity index (χ3n) is 6.60. The lowest BCUT2D eigenvalue weighted by Gasteiger charge is -2.49. The second kappa shape index (κ2) is 10.2. The molecule has 0 aromatic heterocycles. The number of alkyl halides is 2. The summed E-state index contributed by atoms with van der Waals surface area (Å²) in [6.07, 6.45) is 1.81. The summed E-state index contributed by atoms with van der Waals surface area (Å²) in [6, 6.07) is 0. The van der Waals surface area contributed by atoms with E-state index in [9.17, 15) is 9.90 Å². The Hall–Kier alpha value is 0.760. The topological polar surface area (TPSA) is 83.5 Å². The number of carbonyl (C=O) groups excluding carboxylic acids is 1. The number of esters is 1. The van der Waals surface area contributed by atoms with Crippen LogP contribution < -0.4 is 0 Å². The van der Waals surface area contributed by atoms with Gasteiger partial charge >= 0.3 is 5.97 Å². The first kappa shape index (κ1) is 24.9. The summed E-state index contributed by atoms with van der Waals surface area (Å²) in [4.78, 5) is 11.8. The molecule has 0 amide bonds. The molecule has 10 atom stereocenters. The van der Waals surface area contributed by atoms with Crippen molar-refractivity contribution < 1.29 is 33.6 Å². The average molecular weight is 683 g/mol. The second-order valence-electron chi connectivity index (χ2n) is 8.87. The maximum Gasteiger partial charge on any atom is 0.308 e. The molecule has 4 saturated heterocycles. The van der Waals surface area contributed by atoms with Gasteiger partial charge in [-0.2, -0.15) is 0 Å². The number of hydrogen-bond acceptors (Lipinski definition) is 7. The number of ether oxygens (including phenoxy) is 5. The van der Waals surface area contributed by atoms with E-state index in [1.807, 2.05) is 0 Å². The van der Waals surface area contributed by atoms with Gasteiger partial charge in [0, 0.05) is 18.2 Å². The minimum absolute atomic E-state index is 0.0431. The fourth-order valence-corrected chi connectivity index (χ4v) is 7.36. The number of fused-ring (bicyclic) bond motifs is 7. The summed E-state index contributed by atoms with van der Waals surface area (Å²) in [5.41, 5.74) is 0. The Kier molecular flexibility index (Phi) is 8.16. The minimum Gasteiger partial charge on any atom is -0.469 e. The lowest BCUT2D eigenvalue weighted by atomic mass is 9.86. The van der Waals surface area contributed by atoms with Crippen molar-refractivity contribution in [1.29, 1.82) is 0 Å². The highest BCUT2D eigenvalue weighted by Gasteiger charge is 2.62. The van der Waals surface area contributed by atoms with Gasteiger partial charge in [0.25, 0.3) is 0 Å². The molecule has 4 unspecified atom stereocenters. The molecule has 4 rings (SSSR count). The number of aliphatic hydroxyl groups is 1. The predicted octanol–water partition coefficient (Wildman–Crippen LogP) is 3.64. The smallest absolute Gasteiger partial charge is 0.308 e. The van der Waals surface area contributed by atoms with Crippen molar-refractivity contribution in [1.82, 2.24) is 0 Å². The third-order valence-corrected chi connectivity index (χ3v) is 8.83. The Labute approximate surface area is 215 Å². The Balaban J connectivity index is 1.51. The zero-order chi connectivity index (χ0) is 22.3. The van der Waals surface area contributed by atoms with E-state index < -0.39 is 18.0 Å². The molecule has 0 radical (unpaired) electrons. The van der Waals surface area contributed by atoms with Crippen LogP contribution in [-0.2, 0) is 28.5 Å². The minimum atomic E-state index is -0.913. The fraction of sp³-hybridized carbons (Fsp3) is 0.857. The van der Waals surface area contributed by atoms with Gasteiger partial charge in [-0.1, -0.05) is 29.2 Å². The molecular formula is C21H29ClI2O7. The van der Waals surface area contributed by atoms with E-state index in [-0.39, 0.29) is 52.2 Å². The van der Waals surface area contributed by atoms with Crippen LogP contribution in [0.1, 0.15) is 44.9 Å². The fourth-order valence-electron chi connectivity index (χ4n) is 5.14. The van der Waals surface area contributed by atoms with Gasteiger partial charge in [-0.15, -0.1) is 11.6 Å². The van der Waals surface area contributed by atoms with Gasteiger partial charge in [-0.25, -0.2) is 0 Å². The number of halogens is 3. The average Bonchev–Trinajstić information content (AvgIpc) is 3.01. The zero-order valence-corrected chi connectivity index (χ0v) is 22.5. The van der Waals surface area contributed by atoms with Crippen LogP contribution in [0.4, 0.5) is 0 Å². The van der Waals surface area contributed by atoms with E-state index in [1.54, 1.807) is 0 Å². The molecule has 31 heavy (non-hydrogen) atoms.